The van der Waals surface area contributed by atoms with Crippen LogP contribution in [0.5, 0.6) is 0 Å². The van der Waals surface area contributed by atoms with Crippen molar-refractivity contribution in [2.75, 3.05) is 13.7 Å². The fourth-order valence-corrected chi connectivity index (χ4v) is 1.76. The summed E-state index contributed by atoms with van der Waals surface area (Å²) in [5, 5.41) is 0. The summed E-state index contributed by atoms with van der Waals surface area (Å²) in [6.07, 6.45) is 1.53. The van der Waals surface area contributed by atoms with Crippen LogP contribution in [0, 0.1) is 6.92 Å². The SMILES string of the molecule is COC(=O)CN(Cc1ccccc1C)C(=O)C=C(C)C. The van der Waals surface area contributed by atoms with Gasteiger partial charge in [0.2, 0.25) is 5.91 Å². The Labute approximate surface area is 120 Å². The van der Waals surface area contributed by atoms with Crippen molar-refractivity contribution in [1.29, 1.82) is 0 Å². The number of hydrogen-bond acceptors (Lipinski definition) is 3. The lowest BCUT2D eigenvalue weighted by Gasteiger charge is -2.21. The van der Waals surface area contributed by atoms with Crippen LogP contribution in [0.25, 0.3) is 0 Å². The molecule has 20 heavy (non-hydrogen) atoms. The Morgan fingerprint density at radius 1 is 1.25 bits per heavy atom. The number of ether oxygens (including phenoxy) is 1. The van der Waals surface area contributed by atoms with Crippen molar-refractivity contribution in [3.63, 3.8) is 0 Å². The zero-order chi connectivity index (χ0) is 15.1. The number of rotatable bonds is 5. The Morgan fingerprint density at radius 2 is 1.90 bits per heavy atom. The van der Waals surface area contributed by atoms with Gasteiger partial charge < -0.3 is 9.64 Å². The number of allylic oxidation sites excluding steroid dienone is 1. The molecule has 108 valence electrons. The fourth-order valence-electron chi connectivity index (χ4n) is 1.76. The van der Waals surface area contributed by atoms with Crippen LogP contribution in [0.1, 0.15) is 25.0 Å². The molecule has 0 unspecified atom stereocenters. The lowest BCUT2D eigenvalue weighted by Crippen LogP contribution is -2.35. The summed E-state index contributed by atoms with van der Waals surface area (Å²) in [7, 11) is 1.32. The van der Waals surface area contributed by atoms with Gasteiger partial charge in [-0.2, -0.15) is 0 Å². The first-order valence-electron chi connectivity index (χ1n) is 6.49. The molecule has 0 saturated heterocycles. The number of carbonyl (C=O) groups is 2. The zero-order valence-electron chi connectivity index (χ0n) is 12.5. The number of benzene rings is 1. The first kappa shape index (κ1) is 16.0. The highest BCUT2D eigenvalue weighted by Crippen LogP contribution is 2.11. The molecule has 0 fully saturated rings. The summed E-state index contributed by atoms with van der Waals surface area (Å²) in [6.45, 7) is 6.03. The van der Waals surface area contributed by atoms with Crippen molar-refractivity contribution in [2.45, 2.75) is 27.3 Å². The van der Waals surface area contributed by atoms with Gasteiger partial charge in [0.05, 0.1) is 7.11 Å². The number of esters is 1. The molecule has 0 aliphatic rings. The number of nitrogens with zero attached hydrogens (tertiary/aromatic N) is 1. The summed E-state index contributed by atoms with van der Waals surface area (Å²) < 4.78 is 4.65. The molecule has 0 aromatic heterocycles. The van der Waals surface area contributed by atoms with Crippen molar-refractivity contribution in [1.82, 2.24) is 4.90 Å². The second-order valence-corrected chi connectivity index (χ2v) is 4.92. The second-order valence-electron chi connectivity index (χ2n) is 4.92. The standard InChI is InChI=1S/C16H21NO3/c1-12(2)9-15(18)17(11-16(19)20-4)10-14-8-6-5-7-13(14)3/h5-9H,10-11H2,1-4H3. The monoisotopic (exact) mass is 275 g/mol. The van der Waals surface area contributed by atoms with Gasteiger partial charge in [0.1, 0.15) is 6.54 Å². The van der Waals surface area contributed by atoms with E-state index in [0.717, 1.165) is 16.7 Å². The molecule has 4 nitrogen and oxygen atoms in total. The first-order chi connectivity index (χ1) is 9.43. The number of hydrogen-bond donors (Lipinski definition) is 0. The minimum Gasteiger partial charge on any atom is -0.468 e. The number of amides is 1. The predicted octanol–water partition coefficient (Wildman–Crippen LogP) is 2.46. The van der Waals surface area contributed by atoms with Gasteiger partial charge >= 0.3 is 5.97 Å². The van der Waals surface area contributed by atoms with Crippen molar-refractivity contribution in [3.8, 4) is 0 Å². The molecule has 0 aliphatic carbocycles. The van der Waals surface area contributed by atoms with Crippen LogP contribution in [-0.2, 0) is 20.9 Å². The Balaban J connectivity index is 2.93. The van der Waals surface area contributed by atoms with Crippen LogP contribution in [0.4, 0.5) is 0 Å². The molecule has 0 saturated carbocycles. The van der Waals surface area contributed by atoms with Gasteiger partial charge in [0, 0.05) is 12.6 Å². The summed E-state index contributed by atoms with van der Waals surface area (Å²) >= 11 is 0. The van der Waals surface area contributed by atoms with Crippen LogP contribution in [0.15, 0.2) is 35.9 Å². The zero-order valence-corrected chi connectivity index (χ0v) is 12.5. The minimum atomic E-state index is -0.422. The molecule has 4 heteroatoms. The minimum absolute atomic E-state index is 0.0482. The third-order valence-electron chi connectivity index (χ3n) is 2.89. The van der Waals surface area contributed by atoms with E-state index in [4.69, 9.17) is 0 Å². The van der Waals surface area contributed by atoms with Crippen molar-refractivity contribution in [2.24, 2.45) is 0 Å². The molecule has 0 atom stereocenters. The Kier molecular flexibility index (Phi) is 5.97. The second kappa shape index (κ2) is 7.48. The maximum Gasteiger partial charge on any atom is 0.325 e. The van der Waals surface area contributed by atoms with Crippen LogP contribution < -0.4 is 0 Å². The molecule has 1 aromatic rings. The van der Waals surface area contributed by atoms with Gasteiger partial charge in [0.15, 0.2) is 0 Å². The normalized spacial score (nSPS) is 9.80. The third-order valence-corrected chi connectivity index (χ3v) is 2.89. The molecular weight excluding hydrogens is 254 g/mol. The molecule has 1 aromatic carbocycles. The van der Waals surface area contributed by atoms with Crippen LogP contribution in [0.3, 0.4) is 0 Å². The van der Waals surface area contributed by atoms with Gasteiger partial charge in [-0.15, -0.1) is 0 Å². The van der Waals surface area contributed by atoms with Crippen LogP contribution >= 0.6 is 0 Å². The smallest absolute Gasteiger partial charge is 0.325 e. The maximum atomic E-state index is 12.2. The molecule has 0 spiro atoms. The van der Waals surface area contributed by atoms with E-state index in [0.29, 0.717) is 6.54 Å². The van der Waals surface area contributed by atoms with Crippen molar-refractivity contribution >= 4 is 11.9 Å². The molecule has 0 radical (unpaired) electrons. The lowest BCUT2D eigenvalue weighted by atomic mass is 10.1. The molecule has 0 aliphatic heterocycles. The van der Waals surface area contributed by atoms with Gasteiger partial charge in [-0.05, 0) is 31.9 Å². The van der Waals surface area contributed by atoms with E-state index in [2.05, 4.69) is 4.74 Å². The Morgan fingerprint density at radius 3 is 2.45 bits per heavy atom. The largest absolute Gasteiger partial charge is 0.468 e. The molecule has 0 N–H and O–H groups in total. The topological polar surface area (TPSA) is 46.6 Å². The number of methoxy groups -OCH3 is 1. The van der Waals surface area contributed by atoms with Gasteiger partial charge in [-0.25, -0.2) is 0 Å². The highest BCUT2D eigenvalue weighted by atomic mass is 16.5. The van der Waals surface area contributed by atoms with E-state index >= 15 is 0 Å². The third kappa shape index (κ3) is 4.88. The molecule has 0 heterocycles. The van der Waals surface area contributed by atoms with Crippen molar-refractivity contribution in [3.05, 3.63) is 47.0 Å². The summed E-state index contributed by atoms with van der Waals surface area (Å²) in [4.78, 5) is 25.1. The van der Waals surface area contributed by atoms with E-state index in [1.165, 1.54) is 18.1 Å². The molecule has 0 bridgehead atoms. The summed E-state index contributed by atoms with van der Waals surface area (Å²) in [5.74, 6) is -0.604. The van der Waals surface area contributed by atoms with Crippen LogP contribution in [-0.4, -0.2) is 30.4 Å². The summed E-state index contributed by atoms with van der Waals surface area (Å²) in [6, 6.07) is 7.80. The van der Waals surface area contributed by atoms with E-state index in [1.54, 1.807) is 0 Å². The average molecular weight is 275 g/mol. The van der Waals surface area contributed by atoms with E-state index in [1.807, 2.05) is 45.0 Å². The predicted molar refractivity (Wildman–Crippen MR) is 78.0 cm³/mol. The molecule has 1 rings (SSSR count). The van der Waals surface area contributed by atoms with Gasteiger partial charge in [-0.1, -0.05) is 29.8 Å². The lowest BCUT2D eigenvalue weighted by molar-refractivity contribution is -0.145. The Bertz CT molecular complexity index is 516. The Hall–Kier alpha value is -2.10. The molecule has 1 amide bonds. The van der Waals surface area contributed by atoms with Crippen LogP contribution in [0.2, 0.25) is 0 Å². The number of carbonyl (C=O) groups excluding carboxylic acids is 2. The highest BCUT2D eigenvalue weighted by molar-refractivity contribution is 5.90. The number of aryl methyl sites for hydroxylation is 1. The first-order valence-corrected chi connectivity index (χ1v) is 6.49. The summed E-state index contributed by atoms with van der Waals surface area (Å²) in [5.41, 5.74) is 3.01. The molecular formula is C16H21NO3. The average Bonchev–Trinajstić information content (AvgIpc) is 2.39. The van der Waals surface area contributed by atoms with E-state index in [9.17, 15) is 9.59 Å². The van der Waals surface area contributed by atoms with Crippen molar-refractivity contribution < 1.29 is 14.3 Å². The van der Waals surface area contributed by atoms with E-state index < -0.39 is 5.97 Å². The fraction of sp³-hybridized carbons (Fsp3) is 0.375. The van der Waals surface area contributed by atoms with E-state index in [-0.39, 0.29) is 12.5 Å². The van der Waals surface area contributed by atoms with Gasteiger partial charge in [-0.3, -0.25) is 9.59 Å². The highest BCUT2D eigenvalue weighted by Gasteiger charge is 2.16. The van der Waals surface area contributed by atoms with Gasteiger partial charge in [0.25, 0.3) is 0 Å². The quantitative estimate of drug-likeness (QED) is 0.612. The maximum absolute atomic E-state index is 12.2.